The number of rotatable bonds is 6. The van der Waals surface area contributed by atoms with E-state index in [4.69, 9.17) is 0 Å². The molecule has 0 unspecified atom stereocenters. The maximum Gasteiger partial charge on any atom is 0.252 e. The van der Waals surface area contributed by atoms with Crippen molar-refractivity contribution in [1.29, 1.82) is 0 Å². The third-order valence-electron chi connectivity index (χ3n) is 3.84. The predicted molar refractivity (Wildman–Crippen MR) is 101 cm³/mol. The van der Waals surface area contributed by atoms with Gasteiger partial charge in [-0.05, 0) is 35.8 Å². The van der Waals surface area contributed by atoms with Crippen LogP contribution in [-0.4, -0.2) is 43.5 Å². The van der Waals surface area contributed by atoms with E-state index in [1.807, 2.05) is 24.5 Å². The summed E-state index contributed by atoms with van der Waals surface area (Å²) in [4.78, 5) is 28.8. The minimum atomic E-state index is -0.173. The fourth-order valence-electron chi connectivity index (χ4n) is 2.31. The number of nitrogens with one attached hydrogen (secondary N) is 2. The zero-order valence-corrected chi connectivity index (χ0v) is 16.0. The maximum absolute atomic E-state index is 12.1. The number of anilines is 1. The highest BCUT2D eigenvalue weighted by Gasteiger charge is 2.08. The van der Waals surface area contributed by atoms with Gasteiger partial charge in [0.1, 0.15) is 24.3 Å². The first kappa shape index (κ1) is 18.0. The third-order valence-corrected chi connectivity index (χ3v) is 4.27. The van der Waals surface area contributed by atoms with E-state index in [1.165, 1.54) is 12.5 Å². The molecule has 0 fully saturated rings. The second-order valence-electron chi connectivity index (χ2n) is 5.62. The first-order valence-corrected chi connectivity index (χ1v) is 8.79. The number of carbonyl (C=O) groups excluding carboxylic acids is 1. The third kappa shape index (κ3) is 4.23. The molecule has 134 valence electrons. The minimum Gasteiger partial charge on any atom is -0.368 e. The molecule has 3 rings (SSSR count). The molecule has 0 saturated carbocycles. The molecule has 26 heavy (non-hydrogen) atoms. The number of hydrogen-bond acceptors (Lipinski definition) is 6. The largest absolute Gasteiger partial charge is 0.368 e. The second kappa shape index (κ2) is 8.05. The van der Waals surface area contributed by atoms with Crippen molar-refractivity contribution in [3.8, 4) is 5.82 Å². The van der Waals surface area contributed by atoms with Crippen LogP contribution in [-0.2, 0) is 0 Å². The van der Waals surface area contributed by atoms with Crippen LogP contribution in [0.3, 0.4) is 0 Å². The number of nitrogens with zero attached hydrogens (tertiary/aromatic N) is 5. The first-order valence-electron chi connectivity index (χ1n) is 8.00. The van der Waals surface area contributed by atoms with Crippen LogP contribution in [0.25, 0.3) is 5.82 Å². The number of halogens is 1. The van der Waals surface area contributed by atoms with Gasteiger partial charge in [-0.1, -0.05) is 0 Å². The highest BCUT2D eigenvalue weighted by atomic mass is 79.9. The average Bonchev–Trinajstić information content (AvgIpc) is 2.98. The number of aromatic nitrogens is 5. The average molecular weight is 416 g/mol. The van der Waals surface area contributed by atoms with Gasteiger partial charge >= 0.3 is 0 Å². The Morgan fingerprint density at radius 2 is 2.00 bits per heavy atom. The number of amides is 1. The molecule has 0 radical (unpaired) electrons. The fourth-order valence-corrected chi connectivity index (χ4v) is 2.67. The standard InChI is InChI=1S/C17H18BrN7O/c1-11-12(2)25(10-24-11)16-6-15(22-9-23-16)20-3-4-21-17(26)13-5-14(18)8-19-7-13/h5-10H,3-4H2,1-2H3,(H,21,26)(H,20,22,23). The molecular formula is C17H18BrN7O. The van der Waals surface area contributed by atoms with Crippen molar-refractivity contribution in [1.82, 2.24) is 29.8 Å². The van der Waals surface area contributed by atoms with Crippen LogP contribution in [0.4, 0.5) is 5.82 Å². The van der Waals surface area contributed by atoms with Gasteiger partial charge < -0.3 is 10.6 Å². The van der Waals surface area contributed by atoms with Crippen molar-refractivity contribution in [3.63, 3.8) is 0 Å². The molecule has 0 aliphatic carbocycles. The summed E-state index contributed by atoms with van der Waals surface area (Å²) in [6, 6.07) is 3.57. The van der Waals surface area contributed by atoms with Gasteiger partial charge in [-0.15, -0.1) is 0 Å². The van der Waals surface area contributed by atoms with E-state index in [0.29, 0.717) is 24.5 Å². The molecular weight excluding hydrogens is 398 g/mol. The van der Waals surface area contributed by atoms with Crippen molar-refractivity contribution in [3.05, 3.63) is 58.6 Å². The Morgan fingerprint density at radius 3 is 2.73 bits per heavy atom. The molecule has 0 bridgehead atoms. The minimum absolute atomic E-state index is 0.173. The zero-order valence-electron chi connectivity index (χ0n) is 14.4. The van der Waals surface area contributed by atoms with Gasteiger partial charge in [0.05, 0.1) is 11.3 Å². The molecule has 3 aromatic rings. The Balaban J connectivity index is 1.55. The molecule has 0 atom stereocenters. The van der Waals surface area contributed by atoms with Crippen LogP contribution in [0, 0.1) is 13.8 Å². The molecule has 1 amide bonds. The van der Waals surface area contributed by atoms with E-state index in [1.54, 1.807) is 18.6 Å². The molecule has 3 heterocycles. The summed E-state index contributed by atoms with van der Waals surface area (Å²) < 4.78 is 2.67. The maximum atomic E-state index is 12.1. The van der Waals surface area contributed by atoms with Crippen LogP contribution in [0.1, 0.15) is 21.7 Å². The number of carbonyl (C=O) groups is 1. The Labute approximate surface area is 159 Å². The smallest absolute Gasteiger partial charge is 0.252 e. The van der Waals surface area contributed by atoms with Gasteiger partial charge in [0, 0.05) is 41.7 Å². The van der Waals surface area contributed by atoms with Crippen molar-refractivity contribution in [2.45, 2.75) is 13.8 Å². The molecule has 0 aromatic carbocycles. The molecule has 0 spiro atoms. The summed E-state index contributed by atoms with van der Waals surface area (Å²) in [5.41, 5.74) is 2.50. The van der Waals surface area contributed by atoms with Gasteiger partial charge in [-0.2, -0.15) is 0 Å². The van der Waals surface area contributed by atoms with Gasteiger partial charge in [0.25, 0.3) is 5.91 Å². The van der Waals surface area contributed by atoms with Crippen LogP contribution in [0.2, 0.25) is 0 Å². The molecule has 8 nitrogen and oxygen atoms in total. The lowest BCUT2D eigenvalue weighted by molar-refractivity contribution is 0.0954. The van der Waals surface area contributed by atoms with Crippen molar-refractivity contribution >= 4 is 27.7 Å². The summed E-state index contributed by atoms with van der Waals surface area (Å²) in [7, 11) is 0. The van der Waals surface area contributed by atoms with E-state index in [2.05, 4.69) is 46.5 Å². The Bertz CT molecular complexity index is 925. The van der Waals surface area contributed by atoms with Gasteiger partial charge in [-0.3, -0.25) is 14.3 Å². The van der Waals surface area contributed by atoms with E-state index in [0.717, 1.165) is 21.7 Å². The monoisotopic (exact) mass is 415 g/mol. The van der Waals surface area contributed by atoms with Crippen molar-refractivity contribution in [2.75, 3.05) is 18.4 Å². The summed E-state index contributed by atoms with van der Waals surface area (Å²) in [5.74, 6) is 1.25. The van der Waals surface area contributed by atoms with Crippen LogP contribution in [0.15, 0.2) is 41.7 Å². The quantitative estimate of drug-likeness (QED) is 0.599. The first-order chi connectivity index (χ1) is 12.5. The van der Waals surface area contributed by atoms with Gasteiger partial charge in [0.2, 0.25) is 0 Å². The number of aryl methyl sites for hydroxylation is 1. The van der Waals surface area contributed by atoms with E-state index in [-0.39, 0.29) is 5.91 Å². The van der Waals surface area contributed by atoms with Crippen LogP contribution >= 0.6 is 15.9 Å². The summed E-state index contributed by atoms with van der Waals surface area (Å²) >= 11 is 3.30. The molecule has 0 aliphatic rings. The number of pyridine rings is 1. The Kier molecular flexibility index (Phi) is 5.57. The summed E-state index contributed by atoms with van der Waals surface area (Å²) in [6.07, 6.45) is 6.40. The van der Waals surface area contributed by atoms with Gasteiger partial charge in [0.15, 0.2) is 0 Å². The van der Waals surface area contributed by atoms with Crippen molar-refractivity contribution in [2.24, 2.45) is 0 Å². The molecule has 2 N–H and O–H groups in total. The lowest BCUT2D eigenvalue weighted by Gasteiger charge is -2.09. The lowest BCUT2D eigenvalue weighted by Crippen LogP contribution is -2.29. The predicted octanol–water partition coefficient (Wildman–Crippen LogP) is 2.28. The fraction of sp³-hybridized carbons (Fsp3) is 0.235. The lowest BCUT2D eigenvalue weighted by atomic mass is 10.3. The van der Waals surface area contributed by atoms with E-state index < -0.39 is 0 Å². The number of hydrogen-bond donors (Lipinski definition) is 2. The van der Waals surface area contributed by atoms with Crippen LogP contribution < -0.4 is 10.6 Å². The van der Waals surface area contributed by atoms with Crippen LogP contribution in [0.5, 0.6) is 0 Å². The normalized spacial score (nSPS) is 10.6. The molecule has 3 aromatic heterocycles. The second-order valence-corrected chi connectivity index (χ2v) is 6.54. The molecule has 0 aliphatic heterocycles. The van der Waals surface area contributed by atoms with E-state index in [9.17, 15) is 4.79 Å². The van der Waals surface area contributed by atoms with Gasteiger partial charge in [-0.25, -0.2) is 15.0 Å². The molecule has 0 saturated heterocycles. The Morgan fingerprint density at radius 1 is 1.15 bits per heavy atom. The summed E-state index contributed by atoms with van der Waals surface area (Å²) in [5, 5.41) is 6.01. The van der Waals surface area contributed by atoms with Crippen molar-refractivity contribution < 1.29 is 4.79 Å². The SMILES string of the molecule is Cc1ncn(-c2cc(NCCNC(=O)c3cncc(Br)c3)ncn2)c1C. The van der Waals surface area contributed by atoms with E-state index >= 15 is 0 Å². The Hall–Kier alpha value is -2.81. The number of imidazole rings is 1. The highest BCUT2D eigenvalue weighted by molar-refractivity contribution is 9.10. The zero-order chi connectivity index (χ0) is 18.5. The topological polar surface area (TPSA) is 97.6 Å². The molecule has 9 heteroatoms. The summed E-state index contributed by atoms with van der Waals surface area (Å²) in [6.45, 7) is 4.93. The highest BCUT2D eigenvalue weighted by Crippen LogP contribution is 2.13.